The monoisotopic (exact) mass is 572 g/mol. The summed E-state index contributed by atoms with van der Waals surface area (Å²) in [6.45, 7) is 0. The molecule has 14 nitrogen and oxygen atoms in total. The standard InChI is InChI=1S/C18H16N6O8S4/c1-31-15(27)10-16(36-5-20-10)34-3-6-2-33-14-9(12(26)24(14)13(6)32-18(28)29)22-11(25)8(23-30)7-4-35-17(19)21-7/h4-5,9,14,30H,2-3H2,1H3,(H2,19,21)(H,22,25)(H,28,29)/b23-8-/t9?,14-/m0/s1. The van der Waals surface area contributed by atoms with Gasteiger partial charge in [0.2, 0.25) is 5.88 Å². The minimum atomic E-state index is -1.61. The molecule has 0 bridgehead atoms. The third kappa shape index (κ3) is 4.97. The maximum atomic E-state index is 12.9. The number of oxime groups is 1. The van der Waals surface area contributed by atoms with Crippen LogP contribution in [0.4, 0.5) is 9.93 Å². The number of hydrogen-bond donors (Lipinski definition) is 4. The lowest BCUT2D eigenvalue weighted by atomic mass is 10.1. The van der Waals surface area contributed by atoms with Gasteiger partial charge in [-0.15, -0.1) is 46.2 Å². The average Bonchev–Trinajstić information content (AvgIpc) is 3.50. The molecule has 0 spiro atoms. The summed E-state index contributed by atoms with van der Waals surface area (Å²) in [6, 6.07) is -1.02. The van der Waals surface area contributed by atoms with E-state index >= 15 is 0 Å². The van der Waals surface area contributed by atoms with Gasteiger partial charge in [-0.2, -0.15) is 0 Å². The van der Waals surface area contributed by atoms with Crippen LogP contribution in [-0.4, -0.2) is 84.9 Å². The molecule has 1 saturated heterocycles. The van der Waals surface area contributed by atoms with Crippen LogP contribution in [0.1, 0.15) is 16.2 Å². The van der Waals surface area contributed by atoms with Crippen molar-refractivity contribution in [2.45, 2.75) is 15.6 Å². The number of aromatic nitrogens is 2. The Bertz CT molecular complexity index is 1290. The Morgan fingerprint density at radius 1 is 1.39 bits per heavy atom. The minimum absolute atomic E-state index is 0.0425. The molecule has 2 aromatic heterocycles. The molecule has 5 N–H and O–H groups in total. The van der Waals surface area contributed by atoms with Gasteiger partial charge >= 0.3 is 12.1 Å². The maximum absolute atomic E-state index is 12.9. The number of anilines is 1. The van der Waals surface area contributed by atoms with Gasteiger partial charge in [0, 0.05) is 22.5 Å². The summed E-state index contributed by atoms with van der Waals surface area (Å²) in [5, 5.41) is 24.9. The third-order valence-electron chi connectivity index (χ3n) is 4.83. The van der Waals surface area contributed by atoms with Gasteiger partial charge in [-0.1, -0.05) is 5.16 Å². The quantitative estimate of drug-likeness (QED) is 0.0878. The molecule has 0 radical (unpaired) electrons. The second-order valence-electron chi connectivity index (χ2n) is 6.93. The normalized spacial score (nSPS) is 19.4. The Balaban J connectivity index is 1.49. The highest BCUT2D eigenvalue weighted by Gasteiger charge is 2.54. The van der Waals surface area contributed by atoms with Gasteiger partial charge in [0.1, 0.15) is 17.1 Å². The van der Waals surface area contributed by atoms with Crippen LogP contribution in [-0.2, 0) is 19.1 Å². The molecule has 1 unspecified atom stereocenters. The van der Waals surface area contributed by atoms with Crippen LogP contribution in [0.15, 0.2) is 31.7 Å². The van der Waals surface area contributed by atoms with Crippen molar-refractivity contribution in [2.75, 3.05) is 24.3 Å². The summed E-state index contributed by atoms with van der Waals surface area (Å²) in [6.07, 6.45) is -1.61. The van der Waals surface area contributed by atoms with E-state index in [1.54, 1.807) is 0 Å². The zero-order valence-corrected chi connectivity index (χ0v) is 21.3. The van der Waals surface area contributed by atoms with Crippen molar-refractivity contribution in [1.82, 2.24) is 20.2 Å². The molecule has 18 heteroatoms. The Labute approximate surface area is 218 Å². The number of carboxylic acid groups (broad SMARTS) is 1. The molecule has 2 aromatic rings. The lowest BCUT2D eigenvalue weighted by Gasteiger charge is -2.49. The van der Waals surface area contributed by atoms with Crippen molar-refractivity contribution >= 4 is 81.0 Å². The van der Waals surface area contributed by atoms with Crippen LogP contribution in [0.25, 0.3) is 0 Å². The van der Waals surface area contributed by atoms with Crippen molar-refractivity contribution in [3.63, 3.8) is 0 Å². The number of hydrogen-bond acceptors (Lipinski definition) is 15. The zero-order valence-electron chi connectivity index (χ0n) is 18.1. The molecule has 4 rings (SSSR count). The molecule has 4 heterocycles. The molecule has 2 amide bonds. The van der Waals surface area contributed by atoms with E-state index in [4.69, 9.17) is 15.2 Å². The fourth-order valence-corrected chi connectivity index (χ4v) is 7.13. The number of ether oxygens (including phenoxy) is 2. The van der Waals surface area contributed by atoms with E-state index in [2.05, 4.69) is 20.4 Å². The van der Waals surface area contributed by atoms with Crippen molar-refractivity contribution in [3.8, 4) is 0 Å². The van der Waals surface area contributed by atoms with E-state index < -0.39 is 41.1 Å². The molecule has 2 aliphatic rings. The second-order valence-corrected chi connectivity index (χ2v) is 11.0. The van der Waals surface area contributed by atoms with Gasteiger partial charge in [-0.25, -0.2) is 19.6 Å². The van der Waals surface area contributed by atoms with Crippen LogP contribution in [0.5, 0.6) is 0 Å². The number of thiazole rings is 2. The summed E-state index contributed by atoms with van der Waals surface area (Å²) < 4.78 is 10.2. The number of nitrogens with one attached hydrogen (secondary N) is 1. The molecule has 190 valence electrons. The zero-order chi connectivity index (χ0) is 26.0. The first-order chi connectivity index (χ1) is 17.2. The van der Waals surface area contributed by atoms with Gasteiger partial charge < -0.3 is 30.8 Å². The predicted octanol–water partition coefficient (Wildman–Crippen LogP) is 1.25. The molecule has 2 atom stereocenters. The molecular formula is C18H16N6O8S4. The number of nitrogen functional groups attached to an aromatic ring is 1. The van der Waals surface area contributed by atoms with Crippen LogP contribution in [0.3, 0.4) is 0 Å². The van der Waals surface area contributed by atoms with Crippen LogP contribution in [0.2, 0.25) is 0 Å². The van der Waals surface area contributed by atoms with Crippen molar-refractivity contribution in [1.29, 1.82) is 0 Å². The van der Waals surface area contributed by atoms with E-state index in [0.29, 0.717) is 9.78 Å². The van der Waals surface area contributed by atoms with E-state index in [-0.39, 0.29) is 33.9 Å². The minimum Gasteiger partial charge on any atom is -0.464 e. The van der Waals surface area contributed by atoms with E-state index in [1.165, 1.54) is 52.9 Å². The van der Waals surface area contributed by atoms with Crippen LogP contribution >= 0.6 is 46.2 Å². The lowest BCUT2D eigenvalue weighted by molar-refractivity contribution is -0.148. The predicted molar refractivity (Wildman–Crippen MR) is 130 cm³/mol. The number of carbonyl (C=O) groups excluding carboxylic acids is 3. The summed E-state index contributed by atoms with van der Waals surface area (Å²) in [4.78, 5) is 57.8. The van der Waals surface area contributed by atoms with E-state index in [9.17, 15) is 29.5 Å². The van der Waals surface area contributed by atoms with Gasteiger partial charge in [-0.3, -0.25) is 14.5 Å². The van der Waals surface area contributed by atoms with E-state index in [1.807, 2.05) is 0 Å². The first-order valence-electron chi connectivity index (χ1n) is 9.71. The average molecular weight is 573 g/mol. The van der Waals surface area contributed by atoms with E-state index in [0.717, 1.165) is 16.2 Å². The first-order valence-corrected chi connectivity index (χ1v) is 13.5. The largest absolute Gasteiger partial charge is 0.512 e. The van der Waals surface area contributed by atoms with Gasteiger partial charge in [0.05, 0.1) is 16.8 Å². The number of carbonyl (C=O) groups is 4. The summed E-state index contributed by atoms with van der Waals surface area (Å²) in [5.74, 6) is -1.72. The van der Waals surface area contributed by atoms with Crippen molar-refractivity contribution in [2.24, 2.45) is 5.16 Å². The molecule has 0 saturated carbocycles. The second kappa shape index (κ2) is 10.7. The van der Waals surface area contributed by atoms with Crippen LogP contribution < -0.4 is 11.1 Å². The third-order valence-corrected chi connectivity index (χ3v) is 9.06. The highest BCUT2D eigenvalue weighted by Crippen LogP contribution is 2.42. The van der Waals surface area contributed by atoms with Gasteiger partial charge in [0.25, 0.3) is 11.8 Å². The van der Waals surface area contributed by atoms with Crippen molar-refractivity contribution in [3.05, 3.63) is 33.7 Å². The Morgan fingerprint density at radius 3 is 2.81 bits per heavy atom. The number of esters is 1. The summed E-state index contributed by atoms with van der Waals surface area (Å²) in [5.41, 5.74) is 7.30. The molecule has 1 fully saturated rings. The van der Waals surface area contributed by atoms with Gasteiger partial charge in [-0.05, 0) is 0 Å². The maximum Gasteiger partial charge on any atom is 0.512 e. The first kappa shape index (κ1) is 25.7. The van der Waals surface area contributed by atoms with Gasteiger partial charge in [0.15, 0.2) is 16.5 Å². The highest BCUT2D eigenvalue weighted by atomic mass is 32.2. The lowest BCUT2D eigenvalue weighted by Crippen LogP contribution is -2.70. The van der Waals surface area contributed by atoms with Crippen molar-refractivity contribution < 1.29 is 39.0 Å². The molecule has 36 heavy (non-hydrogen) atoms. The molecule has 2 aliphatic heterocycles. The number of thioether (sulfide) groups is 2. The SMILES string of the molecule is COC(=O)c1ncsc1SCC1=C(OC(=O)O)N2C(=O)C(NC(=O)/C(=N\O)c3csc(N)n3)[C@@H]2SC1. The summed E-state index contributed by atoms with van der Waals surface area (Å²) in [7, 11) is 1.24. The number of β-lactam (4-membered cyclic amide) rings is 1. The summed E-state index contributed by atoms with van der Waals surface area (Å²) >= 11 is 4.77. The Kier molecular flexibility index (Phi) is 7.67. The number of nitrogens with zero attached hydrogens (tertiary/aromatic N) is 4. The Morgan fingerprint density at radius 2 is 2.17 bits per heavy atom. The van der Waals surface area contributed by atoms with Crippen LogP contribution in [0, 0.1) is 0 Å². The number of nitrogens with two attached hydrogens (primary N) is 1. The molecule has 0 aromatic carbocycles. The number of amides is 2. The fourth-order valence-electron chi connectivity index (χ4n) is 3.25. The highest BCUT2D eigenvalue weighted by molar-refractivity contribution is 8.02. The number of methoxy groups -OCH3 is 1. The molecular weight excluding hydrogens is 557 g/mol. The molecule has 0 aliphatic carbocycles. The smallest absolute Gasteiger partial charge is 0.464 e. The number of rotatable bonds is 8. The number of fused-ring (bicyclic) bond motifs is 1. The Hall–Kier alpha value is -3.35. The fraction of sp³-hybridized carbons (Fsp3) is 0.278. The topological polar surface area (TPSA) is 207 Å².